The van der Waals surface area contributed by atoms with Gasteiger partial charge in [-0.3, -0.25) is 4.79 Å². The second kappa shape index (κ2) is 8.97. The van der Waals surface area contributed by atoms with E-state index in [-0.39, 0.29) is 23.9 Å². The molecule has 0 amide bonds. The van der Waals surface area contributed by atoms with Gasteiger partial charge in [-0.05, 0) is 31.5 Å². The van der Waals surface area contributed by atoms with Crippen molar-refractivity contribution in [3.05, 3.63) is 30.1 Å². The highest BCUT2D eigenvalue weighted by molar-refractivity contribution is 7.99. The second-order valence-electron chi connectivity index (χ2n) is 4.72. The third-order valence-electron chi connectivity index (χ3n) is 2.58. The zero-order valence-corrected chi connectivity index (χ0v) is 13.0. The van der Waals surface area contributed by atoms with Crippen molar-refractivity contribution in [1.29, 1.82) is 0 Å². The van der Waals surface area contributed by atoms with Crippen LogP contribution in [0.15, 0.2) is 29.2 Å². The lowest BCUT2D eigenvalue weighted by Crippen LogP contribution is -2.42. The highest BCUT2D eigenvalue weighted by Crippen LogP contribution is 2.20. The number of rotatable bonds is 8. The van der Waals surface area contributed by atoms with Crippen LogP contribution in [0.2, 0.25) is 0 Å². The minimum Gasteiger partial charge on any atom is -0.465 e. The van der Waals surface area contributed by atoms with Crippen molar-refractivity contribution < 1.29 is 13.9 Å². The van der Waals surface area contributed by atoms with E-state index >= 15 is 0 Å². The van der Waals surface area contributed by atoms with E-state index in [4.69, 9.17) is 4.74 Å². The summed E-state index contributed by atoms with van der Waals surface area (Å²) in [4.78, 5) is 12.7. The molecule has 0 aliphatic carbocycles. The first-order chi connectivity index (χ1) is 9.52. The molecule has 0 radical (unpaired) electrons. The van der Waals surface area contributed by atoms with Gasteiger partial charge in [-0.25, -0.2) is 4.39 Å². The van der Waals surface area contributed by atoms with Crippen molar-refractivity contribution in [1.82, 2.24) is 5.32 Å². The van der Waals surface area contributed by atoms with Gasteiger partial charge in [-0.15, -0.1) is 11.8 Å². The van der Waals surface area contributed by atoms with Crippen molar-refractivity contribution in [3.8, 4) is 0 Å². The molecule has 0 aromatic heterocycles. The van der Waals surface area contributed by atoms with Gasteiger partial charge in [0.1, 0.15) is 11.9 Å². The van der Waals surface area contributed by atoms with Crippen LogP contribution in [-0.4, -0.2) is 30.4 Å². The SMILES string of the molecule is CCOC(=O)C(CCSc1cccc(F)c1)NC(C)C. The molecule has 1 unspecified atom stereocenters. The molecule has 0 bridgehead atoms. The van der Waals surface area contributed by atoms with E-state index in [2.05, 4.69) is 5.32 Å². The first-order valence-electron chi connectivity index (χ1n) is 6.84. The normalized spacial score (nSPS) is 12.4. The Morgan fingerprint density at radius 1 is 1.45 bits per heavy atom. The van der Waals surface area contributed by atoms with E-state index in [1.54, 1.807) is 13.0 Å². The summed E-state index contributed by atoms with van der Waals surface area (Å²) >= 11 is 1.54. The van der Waals surface area contributed by atoms with Crippen LogP contribution < -0.4 is 5.32 Å². The van der Waals surface area contributed by atoms with Gasteiger partial charge in [0.15, 0.2) is 0 Å². The van der Waals surface area contributed by atoms with Crippen molar-refractivity contribution in [2.24, 2.45) is 0 Å². The summed E-state index contributed by atoms with van der Waals surface area (Å²) in [5, 5.41) is 3.20. The standard InChI is InChI=1S/C15H22FNO2S/c1-4-19-15(18)14(17-11(2)3)8-9-20-13-7-5-6-12(16)10-13/h5-7,10-11,14,17H,4,8-9H2,1-3H3. The molecular formula is C15H22FNO2S. The van der Waals surface area contributed by atoms with Gasteiger partial charge in [0, 0.05) is 16.7 Å². The third-order valence-corrected chi connectivity index (χ3v) is 3.60. The summed E-state index contributed by atoms with van der Waals surface area (Å²) < 4.78 is 18.1. The van der Waals surface area contributed by atoms with Gasteiger partial charge < -0.3 is 10.1 Å². The smallest absolute Gasteiger partial charge is 0.323 e. The molecule has 0 aliphatic rings. The molecule has 1 aromatic rings. The van der Waals surface area contributed by atoms with Crippen molar-refractivity contribution in [2.45, 2.75) is 44.2 Å². The molecule has 20 heavy (non-hydrogen) atoms. The van der Waals surface area contributed by atoms with Crippen molar-refractivity contribution in [3.63, 3.8) is 0 Å². The molecule has 3 nitrogen and oxygen atoms in total. The van der Waals surface area contributed by atoms with Gasteiger partial charge in [0.05, 0.1) is 6.61 Å². The molecule has 0 saturated carbocycles. The topological polar surface area (TPSA) is 38.3 Å². The third kappa shape index (κ3) is 6.39. The number of ether oxygens (including phenoxy) is 1. The highest BCUT2D eigenvalue weighted by atomic mass is 32.2. The average molecular weight is 299 g/mol. The van der Waals surface area contributed by atoms with E-state index in [0.717, 1.165) is 10.6 Å². The Labute approximate surface area is 124 Å². The largest absolute Gasteiger partial charge is 0.465 e. The fourth-order valence-electron chi connectivity index (χ4n) is 1.77. The summed E-state index contributed by atoms with van der Waals surface area (Å²) in [6.07, 6.45) is 0.651. The van der Waals surface area contributed by atoms with Gasteiger partial charge in [0.25, 0.3) is 0 Å². The van der Waals surface area contributed by atoms with Gasteiger partial charge in [-0.2, -0.15) is 0 Å². The minimum atomic E-state index is -0.309. The second-order valence-corrected chi connectivity index (χ2v) is 5.89. The van der Waals surface area contributed by atoms with E-state index in [1.165, 1.54) is 23.9 Å². The minimum absolute atomic E-state index is 0.212. The maximum atomic E-state index is 13.1. The van der Waals surface area contributed by atoms with Crippen LogP contribution in [0.4, 0.5) is 4.39 Å². The zero-order valence-electron chi connectivity index (χ0n) is 12.2. The Morgan fingerprint density at radius 2 is 2.20 bits per heavy atom. The molecule has 0 spiro atoms. The summed E-state index contributed by atoms with van der Waals surface area (Å²) in [6.45, 7) is 6.16. The molecule has 1 rings (SSSR count). The lowest BCUT2D eigenvalue weighted by molar-refractivity contribution is -0.145. The lowest BCUT2D eigenvalue weighted by Gasteiger charge is -2.19. The number of esters is 1. The van der Waals surface area contributed by atoms with Crippen LogP contribution in [0.5, 0.6) is 0 Å². The fraction of sp³-hybridized carbons (Fsp3) is 0.533. The molecule has 1 N–H and O–H groups in total. The van der Waals surface area contributed by atoms with Crippen LogP contribution in [0.25, 0.3) is 0 Å². The summed E-state index contributed by atoms with van der Waals surface area (Å²) in [5.41, 5.74) is 0. The lowest BCUT2D eigenvalue weighted by atomic mass is 10.2. The van der Waals surface area contributed by atoms with Crippen molar-refractivity contribution >= 4 is 17.7 Å². The number of benzene rings is 1. The van der Waals surface area contributed by atoms with E-state index in [1.807, 2.05) is 19.9 Å². The zero-order chi connectivity index (χ0) is 15.0. The summed E-state index contributed by atoms with van der Waals surface area (Å²) in [6, 6.07) is 6.38. The first kappa shape index (κ1) is 17.0. The molecule has 112 valence electrons. The number of carbonyl (C=O) groups is 1. The predicted octanol–water partition coefficient (Wildman–Crippen LogP) is 3.24. The summed E-state index contributed by atoms with van der Waals surface area (Å²) in [7, 11) is 0. The maximum absolute atomic E-state index is 13.1. The molecular weight excluding hydrogens is 277 g/mol. The fourth-order valence-corrected chi connectivity index (χ4v) is 2.73. The Bertz CT molecular complexity index is 426. The van der Waals surface area contributed by atoms with Crippen LogP contribution in [0, 0.1) is 5.82 Å². The highest BCUT2D eigenvalue weighted by Gasteiger charge is 2.19. The van der Waals surface area contributed by atoms with Crippen LogP contribution in [-0.2, 0) is 9.53 Å². The van der Waals surface area contributed by atoms with Crippen LogP contribution in [0.1, 0.15) is 27.2 Å². The van der Waals surface area contributed by atoms with Gasteiger partial charge in [-0.1, -0.05) is 19.9 Å². The number of hydrogen-bond acceptors (Lipinski definition) is 4. The Kier molecular flexibility index (Phi) is 7.62. The number of hydrogen-bond donors (Lipinski definition) is 1. The number of carbonyl (C=O) groups excluding carboxylic acids is 1. The van der Waals surface area contributed by atoms with Gasteiger partial charge in [0.2, 0.25) is 0 Å². The number of halogens is 1. The molecule has 1 aromatic carbocycles. The Morgan fingerprint density at radius 3 is 2.80 bits per heavy atom. The molecule has 0 heterocycles. The molecule has 5 heteroatoms. The Hall–Kier alpha value is -1.07. The van der Waals surface area contributed by atoms with Crippen LogP contribution >= 0.6 is 11.8 Å². The predicted molar refractivity (Wildman–Crippen MR) is 80.4 cm³/mol. The molecule has 0 fully saturated rings. The van der Waals surface area contributed by atoms with E-state index < -0.39 is 0 Å². The molecule has 0 saturated heterocycles. The number of thioether (sulfide) groups is 1. The van der Waals surface area contributed by atoms with E-state index in [9.17, 15) is 9.18 Å². The molecule has 0 aliphatic heterocycles. The summed E-state index contributed by atoms with van der Waals surface area (Å²) in [5.74, 6) is 0.269. The monoisotopic (exact) mass is 299 g/mol. The number of nitrogens with one attached hydrogen (secondary N) is 1. The maximum Gasteiger partial charge on any atom is 0.323 e. The Balaban J connectivity index is 2.47. The van der Waals surface area contributed by atoms with Crippen molar-refractivity contribution in [2.75, 3.05) is 12.4 Å². The quantitative estimate of drug-likeness (QED) is 0.591. The average Bonchev–Trinajstić information content (AvgIpc) is 2.37. The molecule has 1 atom stereocenters. The van der Waals surface area contributed by atoms with Crippen LogP contribution in [0.3, 0.4) is 0 Å². The van der Waals surface area contributed by atoms with E-state index in [0.29, 0.717) is 13.0 Å². The van der Waals surface area contributed by atoms with Gasteiger partial charge >= 0.3 is 5.97 Å². The first-order valence-corrected chi connectivity index (χ1v) is 7.82.